The predicted molar refractivity (Wildman–Crippen MR) is 107 cm³/mol. The summed E-state index contributed by atoms with van der Waals surface area (Å²) in [6.07, 6.45) is 0. The van der Waals surface area contributed by atoms with Crippen molar-refractivity contribution < 1.29 is 39.0 Å². The van der Waals surface area contributed by atoms with E-state index in [4.69, 9.17) is 9.84 Å². The maximum atomic E-state index is 11.6. The van der Waals surface area contributed by atoms with Crippen molar-refractivity contribution in [3.05, 3.63) is 0 Å². The van der Waals surface area contributed by atoms with Crippen LogP contribution >= 0.6 is 8.46 Å². The fourth-order valence-corrected chi connectivity index (χ4v) is 3.75. The van der Waals surface area contributed by atoms with E-state index in [0.717, 1.165) is 0 Å². The molecule has 1 unspecified atom stereocenters. The van der Waals surface area contributed by atoms with Crippen molar-refractivity contribution >= 4 is 26.4 Å². The molecule has 0 radical (unpaired) electrons. The van der Waals surface area contributed by atoms with Crippen LogP contribution in [0.5, 0.6) is 0 Å². The zero-order chi connectivity index (χ0) is 22.5. The van der Waals surface area contributed by atoms with Crippen LogP contribution in [0.15, 0.2) is 0 Å². The summed E-state index contributed by atoms with van der Waals surface area (Å²) >= 11 is 0. The standard InChI is InChI=1S/C17H31N4O8P/c1-2-29-17(30-28)21-9-7-19(12-15(24)25)5-3-18(11-14(22)23)4-6-20(8-10-21)13-16(26)27/h17H,2-13H2,1H3,(H,22,23)(H,24,25)(H,26,27). The minimum absolute atomic E-state index is 0.200. The van der Waals surface area contributed by atoms with Gasteiger partial charge in [-0.15, -0.1) is 0 Å². The van der Waals surface area contributed by atoms with E-state index in [-0.39, 0.29) is 28.1 Å². The van der Waals surface area contributed by atoms with E-state index in [1.807, 2.05) is 0 Å². The molecule has 0 spiro atoms. The summed E-state index contributed by atoms with van der Waals surface area (Å²) in [6, 6.07) is 0. The Kier molecular flexibility index (Phi) is 12.6. The first-order valence-corrected chi connectivity index (χ1v) is 10.6. The molecule has 12 nitrogen and oxygen atoms in total. The zero-order valence-electron chi connectivity index (χ0n) is 17.2. The molecule has 30 heavy (non-hydrogen) atoms. The van der Waals surface area contributed by atoms with E-state index in [9.17, 15) is 29.2 Å². The summed E-state index contributed by atoms with van der Waals surface area (Å²) in [5, 5.41) is 27.5. The SMILES string of the molecule is CCOC(P=O)N1CCN(CC(=O)O)CCN(CC(=O)O)CCN(CC(=O)O)CC1. The largest absolute Gasteiger partial charge is 0.480 e. The quantitative estimate of drug-likeness (QED) is 0.353. The van der Waals surface area contributed by atoms with Crippen LogP contribution in [0.1, 0.15) is 6.92 Å². The second-order valence-electron chi connectivity index (χ2n) is 6.93. The molecular formula is C17H31N4O8P. The summed E-state index contributed by atoms with van der Waals surface area (Å²) in [6.45, 7) is 4.28. The molecule has 0 amide bonds. The van der Waals surface area contributed by atoms with Gasteiger partial charge >= 0.3 is 17.9 Å². The third kappa shape index (κ3) is 10.9. The lowest BCUT2D eigenvalue weighted by Gasteiger charge is -2.34. The molecular weight excluding hydrogens is 419 g/mol. The van der Waals surface area contributed by atoms with Crippen molar-refractivity contribution in [2.45, 2.75) is 12.9 Å². The van der Waals surface area contributed by atoms with Crippen LogP contribution in [0.4, 0.5) is 0 Å². The summed E-state index contributed by atoms with van der Waals surface area (Å²) in [7, 11) is -0.230. The molecule has 0 aliphatic carbocycles. The monoisotopic (exact) mass is 450 g/mol. The van der Waals surface area contributed by atoms with Crippen LogP contribution in [-0.4, -0.2) is 137 Å². The highest BCUT2D eigenvalue weighted by atomic mass is 31.1. The molecule has 0 bridgehead atoms. The van der Waals surface area contributed by atoms with Crippen molar-refractivity contribution in [3.63, 3.8) is 0 Å². The van der Waals surface area contributed by atoms with E-state index < -0.39 is 23.9 Å². The third-order valence-corrected chi connectivity index (χ3v) is 5.32. The summed E-state index contributed by atoms with van der Waals surface area (Å²) in [4.78, 5) is 40.5. The Bertz CT molecular complexity index is 550. The molecule has 0 saturated carbocycles. The summed E-state index contributed by atoms with van der Waals surface area (Å²) in [5.41, 5.74) is 0. The minimum atomic E-state index is -1.00. The first-order chi connectivity index (χ1) is 14.2. The number of nitrogens with zero attached hydrogens (tertiary/aromatic N) is 4. The first-order valence-electron chi connectivity index (χ1n) is 9.75. The third-order valence-electron chi connectivity index (χ3n) is 4.67. The predicted octanol–water partition coefficient (Wildman–Crippen LogP) is -0.926. The number of carboxylic acids is 3. The number of carboxylic acid groups (broad SMARTS) is 3. The normalized spacial score (nSPS) is 20.3. The van der Waals surface area contributed by atoms with E-state index in [1.165, 1.54) is 0 Å². The van der Waals surface area contributed by atoms with Gasteiger partial charge in [0.1, 0.15) is 0 Å². The average Bonchev–Trinajstić information content (AvgIpc) is 2.65. The van der Waals surface area contributed by atoms with Gasteiger partial charge in [0.15, 0.2) is 5.97 Å². The van der Waals surface area contributed by atoms with Crippen molar-refractivity contribution in [1.29, 1.82) is 0 Å². The van der Waals surface area contributed by atoms with Crippen molar-refractivity contribution in [2.75, 3.05) is 78.6 Å². The molecule has 1 saturated heterocycles. The van der Waals surface area contributed by atoms with Crippen molar-refractivity contribution in [2.24, 2.45) is 0 Å². The Morgan fingerprint density at radius 3 is 1.37 bits per heavy atom. The van der Waals surface area contributed by atoms with Crippen LogP contribution in [0.2, 0.25) is 0 Å². The Morgan fingerprint density at radius 1 is 0.767 bits per heavy atom. The second-order valence-corrected chi connectivity index (χ2v) is 7.59. The van der Waals surface area contributed by atoms with Crippen LogP contribution in [0, 0.1) is 0 Å². The van der Waals surface area contributed by atoms with Gasteiger partial charge in [-0.1, -0.05) is 0 Å². The molecule has 1 fully saturated rings. The van der Waals surface area contributed by atoms with E-state index in [1.54, 1.807) is 26.5 Å². The molecule has 0 aromatic rings. The average molecular weight is 450 g/mol. The van der Waals surface area contributed by atoms with E-state index >= 15 is 0 Å². The van der Waals surface area contributed by atoms with Gasteiger partial charge in [0.25, 0.3) is 0 Å². The van der Waals surface area contributed by atoms with Crippen LogP contribution in [-0.2, 0) is 23.7 Å². The fourth-order valence-electron chi connectivity index (χ4n) is 3.17. The molecule has 0 aromatic carbocycles. The molecule has 172 valence electrons. The lowest BCUT2D eigenvalue weighted by atomic mass is 10.3. The maximum absolute atomic E-state index is 11.6. The lowest BCUT2D eigenvalue weighted by molar-refractivity contribution is -0.140. The summed E-state index contributed by atoms with van der Waals surface area (Å²) in [5.74, 6) is -3.69. The Labute approximate surface area is 177 Å². The number of ether oxygens (including phenoxy) is 1. The topological polar surface area (TPSA) is 151 Å². The molecule has 1 aliphatic rings. The molecule has 0 aromatic heterocycles. The van der Waals surface area contributed by atoms with Gasteiger partial charge in [0, 0.05) is 59.0 Å². The van der Waals surface area contributed by atoms with Gasteiger partial charge in [0.05, 0.1) is 19.6 Å². The minimum Gasteiger partial charge on any atom is -0.480 e. The Morgan fingerprint density at radius 2 is 1.10 bits per heavy atom. The number of carbonyl (C=O) groups is 3. The van der Waals surface area contributed by atoms with Crippen LogP contribution in [0.3, 0.4) is 0 Å². The molecule has 1 aliphatic heterocycles. The Hall–Kier alpha value is -1.69. The van der Waals surface area contributed by atoms with Gasteiger partial charge in [-0.05, 0) is 6.92 Å². The van der Waals surface area contributed by atoms with Gasteiger partial charge in [-0.25, -0.2) is 0 Å². The highest BCUT2D eigenvalue weighted by Crippen LogP contribution is 2.15. The van der Waals surface area contributed by atoms with Gasteiger partial charge in [0.2, 0.25) is 8.46 Å². The molecule has 13 heteroatoms. The van der Waals surface area contributed by atoms with Gasteiger partial charge in [-0.3, -0.25) is 38.5 Å². The molecule has 1 atom stereocenters. The van der Waals surface area contributed by atoms with Crippen LogP contribution in [0.25, 0.3) is 0 Å². The van der Waals surface area contributed by atoms with Crippen molar-refractivity contribution in [1.82, 2.24) is 19.6 Å². The molecule has 1 rings (SSSR count). The second kappa shape index (κ2) is 14.3. The first kappa shape index (κ1) is 26.3. The van der Waals surface area contributed by atoms with Gasteiger partial charge in [-0.2, -0.15) is 0 Å². The van der Waals surface area contributed by atoms with Crippen LogP contribution < -0.4 is 0 Å². The molecule has 3 N–H and O–H groups in total. The van der Waals surface area contributed by atoms with Crippen molar-refractivity contribution in [3.8, 4) is 0 Å². The van der Waals surface area contributed by atoms with E-state index in [0.29, 0.717) is 59.0 Å². The highest BCUT2D eigenvalue weighted by molar-refractivity contribution is 7.24. The fraction of sp³-hybridized carbons (Fsp3) is 0.824. The number of aliphatic carboxylic acids is 3. The smallest absolute Gasteiger partial charge is 0.317 e. The molecule has 1 heterocycles. The van der Waals surface area contributed by atoms with Gasteiger partial charge < -0.3 is 20.1 Å². The maximum Gasteiger partial charge on any atom is 0.317 e. The zero-order valence-corrected chi connectivity index (χ0v) is 18.1. The highest BCUT2D eigenvalue weighted by Gasteiger charge is 2.24. The van der Waals surface area contributed by atoms with E-state index in [2.05, 4.69) is 0 Å². The number of hydrogen-bond acceptors (Lipinski definition) is 9. The number of rotatable bonds is 10. The summed E-state index contributed by atoms with van der Waals surface area (Å²) < 4.78 is 17.1. The lowest BCUT2D eigenvalue weighted by Crippen LogP contribution is -2.49. The Balaban J connectivity index is 3.00. The number of hydrogen-bond donors (Lipinski definition) is 3.